The van der Waals surface area contributed by atoms with Crippen LogP contribution in [0.5, 0.6) is 0 Å². The fraction of sp³-hybridized carbons (Fsp3) is 0.300. The van der Waals surface area contributed by atoms with Gasteiger partial charge in [-0.3, -0.25) is 14.8 Å². The van der Waals surface area contributed by atoms with Gasteiger partial charge < -0.3 is 5.32 Å². The lowest BCUT2D eigenvalue weighted by atomic mass is 10.3. The zero-order valence-corrected chi connectivity index (χ0v) is 8.10. The summed E-state index contributed by atoms with van der Waals surface area (Å²) in [7, 11) is 0. The van der Waals surface area contributed by atoms with Gasteiger partial charge in [0, 0.05) is 25.9 Å². The Morgan fingerprint density at radius 3 is 3.07 bits per heavy atom. The summed E-state index contributed by atoms with van der Waals surface area (Å²) in [6.07, 6.45) is 9.61. The number of rotatable bonds is 4. The Bertz CT molecular complexity index is 308. The van der Waals surface area contributed by atoms with Crippen molar-refractivity contribution in [3.05, 3.63) is 30.4 Å². The monoisotopic (exact) mass is 191 g/mol. The van der Waals surface area contributed by atoms with Gasteiger partial charge in [0.25, 0.3) is 0 Å². The predicted octanol–water partition coefficient (Wildman–Crippen LogP) is 1.02. The second-order valence-corrected chi connectivity index (χ2v) is 2.80. The molecule has 0 unspecified atom stereocenters. The third-order valence-corrected chi connectivity index (χ3v) is 1.56. The van der Waals surface area contributed by atoms with Gasteiger partial charge in [-0.25, -0.2) is 0 Å². The average molecular weight is 191 g/mol. The van der Waals surface area contributed by atoms with E-state index < -0.39 is 0 Å². The molecule has 0 aliphatic carbocycles. The lowest BCUT2D eigenvalue weighted by Crippen LogP contribution is -2.20. The second kappa shape index (κ2) is 5.85. The Morgan fingerprint density at radius 2 is 2.43 bits per heavy atom. The first-order valence-corrected chi connectivity index (χ1v) is 4.46. The fourth-order valence-corrected chi connectivity index (χ4v) is 0.932. The lowest BCUT2D eigenvalue weighted by molar-refractivity contribution is -0.118. The molecule has 1 rings (SSSR count). The number of carbonyl (C=O) groups excluding carboxylic acids is 1. The molecule has 1 heterocycles. The van der Waals surface area contributed by atoms with Crippen LogP contribution in [-0.2, 0) is 4.79 Å². The Morgan fingerprint density at radius 1 is 1.57 bits per heavy atom. The number of nitrogens with one attached hydrogen (secondary N) is 1. The van der Waals surface area contributed by atoms with E-state index >= 15 is 0 Å². The fourth-order valence-electron chi connectivity index (χ4n) is 0.932. The van der Waals surface area contributed by atoms with Gasteiger partial charge >= 0.3 is 0 Å². The molecule has 0 spiro atoms. The van der Waals surface area contributed by atoms with Crippen LogP contribution in [0.15, 0.2) is 24.7 Å². The van der Waals surface area contributed by atoms with Crippen molar-refractivity contribution >= 4 is 12.0 Å². The molecule has 0 aliphatic rings. The van der Waals surface area contributed by atoms with Crippen LogP contribution in [0, 0.1) is 0 Å². The van der Waals surface area contributed by atoms with Crippen LogP contribution in [0.2, 0.25) is 0 Å². The summed E-state index contributed by atoms with van der Waals surface area (Å²) < 4.78 is 0. The van der Waals surface area contributed by atoms with E-state index in [0.717, 1.165) is 12.1 Å². The summed E-state index contributed by atoms with van der Waals surface area (Å²) >= 11 is 0. The van der Waals surface area contributed by atoms with Gasteiger partial charge in [0.2, 0.25) is 5.91 Å². The summed E-state index contributed by atoms with van der Waals surface area (Å²) in [5, 5.41) is 2.71. The van der Waals surface area contributed by atoms with Gasteiger partial charge in [0.05, 0.1) is 11.9 Å². The maximum Gasteiger partial charge on any atom is 0.216 e. The molecule has 0 saturated carbocycles. The molecule has 0 saturated heterocycles. The largest absolute Gasteiger partial charge is 0.356 e. The standard InChI is InChI=1S/C10H13N3O/c1-9(14)12-5-3-2-4-10-8-11-6-7-13-10/h2,4,6-8H,3,5H2,1H3,(H,12,14). The molecule has 0 bridgehead atoms. The lowest BCUT2D eigenvalue weighted by Gasteiger charge is -1.96. The van der Waals surface area contributed by atoms with E-state index in [1.165, 1.54) is 6.92 Å². The minimum absolute atomic E-state index is 0.00194. The molecule has 4 heteroatoms. The molecule has 0 atom stereocenters. The highest BCUT2D eigenvalue weighted by Gasteiger charge is 1.88. The van der Waals surface area contributed by atoms with Gasteiger partial charge in [-0.05, 0) is 12.5 Å². The Kier molecular flexibility index (Phi) is 4.34. The number of hydrogen-bond donors (Lipinski definition) is 1. The van der Waals surface area contributed by atoms with Gasteiger partial charge in [-0.1, -0.05) is 6.08 Å². The van der Waals surface area contributed by atoms with Crippen LogP contribution in [0.1, 0.15) is 19.0 Å². The number of hydrogen-bond acceptors (Lipinski definition) is 3. The smallest absolute Gasteiger partial charge is 0.216 e. The third-order valence-electron chi connectivity index (χ3n) is 1.56. The minimum Gasteiger partial charge on any atom is -0.356 e. The van der Waals surface area contributed by atoms with Crippen molar-refractivity contribution in [1.29, 1.82) is 0 Å². The molecule has 74 valence electrons. The van der Waals surface area contributed by atoms with Crippen LogP contribution >= 0.6 is 0 Å². The summed E-state index contributed by atoms with van der Waals surface area (Å²) in [5.41, 5.74) is 0.829. The highest BCUT2D eigenvalue weighted by molar-refractivity contribution is 5.72. The van der Waals surface area contributed by atoms with E-state index in [2.05, 4.69) is 15.3 Å². The molecule has 0 aromatic carbocycles. The van der Waals surface area contributed by atoms with Crippen molar-refractivity contribution in [1.82, 2.24) is 15.3 Å². The van der Waals surface area contributed by atoms with Crippen LogP contribution in [0.4, 0.5) is 0 Å². The topological polar surface area (TPSA) is 54.9 Å². The molecule has 1 N–H and O–H groups in total. The second-order valence-electron chi connectivity index (χ2n) is 2.80. The molecular formula is C10H13N3O. The van der Waals surface area contributed by atoms with Gasteiger partial charge in [-0.15, -0.1) is 0 Å². The first kappa shape index (κ1) is 10.4. The van der Waals surface area contributed by atoms with Crippen LogP contribution < -0.4 is 5.32 Å². The van der Waals surface area contributed by atoms with E-state index in [9.17, 15) is 4.79 Å². The third kappa shape index (κ3) is 4.35. The van der Waals surface area contributed by atoms with E-state index in [1.54, 1.807) is 18.6 Å². The summed E-state index contributed by atoms with van der Waals surface area (Å²) in [6, 6.07) is 0. The molecule has 14 heavy (non-hydrogen) atoms. The first-order chi connectivity index (χ1) is 6.79. The average Bonchev–Trinajstić information content (AvgIpc) is 2.18. The maximum atomic E-state index is 10.5. The zero-order valence-electron chi connectivity index (χ0n) is 8.10. The number of aromatic nitrogens is 2. The van der Waals surface area contributed by atoms with Crippen molar-refractivity contribution in [2.24, 2.45) is 0 Å². The molecule has 1 amide bonds. The number of nitrogens with zero attached hydrogens (tertiary/aromatic N) is 2. The van der Waals surface area contributed by atoms with E-state index in [4.69, 9.17) is 0 Å². The Hall–Kier alpha value is -1.71. The highest BCUT2D eigenvalue weighted by atomic mass is 16.1. The summed E-state index contributed by atoms with van der Waals surface area (Å²) in [6.45, 7) is 2.17. The van der Waals surface area contributed by atoms with Gasteiger partial charge in [0.15, 0.2) is 0 Å². The highest BCUT2D eigenvalue weighted by Crippen LogP contribution is 1.94. The van der Waals surface area contributed by atoms with Gasteiger partial charge in [0.1, 0.15) is 0 Å². The normalized spacial score (nSPS) is 10.4. The zero-order chi connectivity index (χ0) is 10.2. The molecule has 0 fully saturated rings. The quantitative estimate of drug-likeness (QED) is 0.723. The van der Waals surface area contributed by atoms with Crippen LogP contribution in [0.3, 0.4) is 0 Å². The van der Waals surface area contributed by atoms with Crippen LogP contribution in [0.25, 0.3) is 6.08 Å². The molecule has 0 aliphatic heterocycles. The molecule has 1 aromatic rings. The van der Waals surface area contributed by atoms with Crippen molar-refractivity contribution < 1.29 is 4.79 Å². The van der Waals surface area contributed by atoms with Crippen molar-refractivity contribution in [2.75, 3.05) is 6.54 Å². The maximum absolute atomic E-state index is 10.5. The Labute approximate surface area is 83.1 Å². The predicted molar refractivity (Wildman–Crippen MR) is 54.4 cm³/mol. The van der Waals surface area contributed by atoms with Gasteiger partial charge in [-0.2, -0.15) is 0 Å². The van der Waals surface area contributed by atoms with E-state index in [-0.39, 0.29) is 5.91 Å². The summed E-state index contributed by atoms with van der Waals surface area (Å²) in [5.74, 6) is -0.00194. The molecule has 1 aromatic heterocycles. The number of carbonyl (C=O) groups is 1. The number of amides is 1. The van der Waals surface area contributed by atoms with Crippen molar-refractivity contribution in [3.8, 4) is 0 Å². The summed E-state index contributed by atoms with van der Waals surface area (Å²) in [4.78, 5) is 18.5. The molecular weight excluding hydrogens is 178 g/mol. The van der Waals surface area contributed by atoms with Crippen molar-refractivity contribution in [3.63, 3.8) is 0 Å². The molecule has 4 nitrogen and oxygen atoms in total. The Balaban J connectivity index is 2.25. The molecule has 0 radical (unpaired) electrons. The van der Waals surface area contributed by atoms with Crippen LogP contribution in [-0.4, -0.2) is 22.4 Å². The minimum atomic E-state index is -0.00194. The van der Waals surface area contributed by atoms with Crippen molar-refractivity contribution in [2.45, 2.75) is 13.3 Å². The SMILES string of the molecule is CC(=O)NCCC=Cc1cnccn1. The first-order valence-electron chi connectivity index (χ1n) is 4.46. The van der Waals surface area contributed by atoms with E-state index in [1.807, 2.05) is 12.2 Å². The van der Waals surface area contributed by atoms with E-state index in [0.29, 0.717) is 6.54 Å².